The minimum Gasteiger partial charge on any atom is -0.491 e. The number of ether oxygens (including phenoxy) is 2. The second-order valence-electron chi connectivity index (χ2n) is 5.96. The Morgan fingerprint density at radius 1 is 1.00 bits per heavy atom. The normalized spacial score (nSPS) is 12.4. The minimum absolute atomic E-state index is 0. The van der Waals surface area contributed by atoms with Crippen LogP contribution in [-0.2, 0) is 21.3 Å². The molecule has 0 aliphatic heterocycles. The van der Waals surface area contributed by atoms with Crippen molar-refractivity contribution < 1.29 is 22.4 Å². The van der Waals surface area contributed by atoms with Gasteiger partial charge < -0.3 is 9.47 Å². The van der Waals surface area contributed by atoms with Crippen LogP contribution in [0.25, 0.3) is 0 Å². The summed E-state index contributed by atoms with van der Waals surface area (Å²) in [6, 6.07) is 7.95. The topological polar surface area (TPSA) is 72.8 Å². The average molecular weight is 381 g/mol. The van der Waals surface area contributed by atoms with Crippen molar-refractivity contribution in [2.75, 3.05) is 13.2 Å². The summed E-state index contributed by atoms with van der Waals surface area (Å²) in [5, 5.41) is 0. The van der Waals surface area contributed by atoms with E-state index in [1.54, 1.807) is 0 Å². The van der Waals surface area contributed by atoms with Gasteiger partial charge in [-0.05, 0) is 37.5 Å². The predicted molar refractivity (Wildman–Crippen MR) is 102 cm³/mol. The smallest absolute Gasteiger partial charge is 0.291 e. The fourth-order valence-corrected chi connectivity index (χ4v) is 2.59. The van der Waals surface area contributed by atoms with E-state index >= 15 is 0 Å². The van der Waals surface area contributed by atoms with Gasteiger partial charge in [-0.25, -0.2) is 0 Å². The van der Waals surface area contributed by atoms with Gasteiger partial charge in [0.05, 0.1) is 6.61 Å². The van der Waals surface area contributed by atoms with Crippen molar-refractivity contribution in [1.29, 1.82) is 0 Å². The van der Waals surface area contributed by atoms with Gasteiger partial charge in [-0.15, -0.1) is 0 Å². The maximum absolute atomic E-state index is 10.8. The van der Waals surface area contributed by atoms with Gasteiger partial charge in [0, 0.05) is 29.6 Å². The van der Waals surface area contributed by atoms with Crippen LogP contribution in [0.3, 0.4) is 0 Å². The number of rotatable bonds is 13. The van der Waals surface area contributed by atoms with Crippen LogP contribution in [0.15, 0.2) is 24.3 Å². The number of unbranched alkanes of at least 4 members (excludes halogenated alkanes) is 5. The van der Waals surface area contributed by atoms with Crippen LogP contribution < -0.4 is 4.74 Å². The van der Waals surface area contributed by atoms with E-state index in [0.29, 0.717) is 0 Å². The quantitative estimate of drug-likeness (QED) is 0.319. The standard InChI is InChI=1S/C18H30O5S.Na/c1-3-4-5-6-7-8-9-17-10-12-18(13-11-17)23-15-14-22-16(2)24(19,20)21;/h10-13,16H,3-9,14-15H2,1-2H3,(H,19,20,21);. The number of hydrogen-bond acceptors (Lipinski definition) is 4. The molecule has 0 fully saturated rings. The molecule has 139 valence electrons. The van der Waals surface area contributed by atoms with Gasteiger partial charge in [0.25, 0.3) is 10.1 Å². The van der Waals surface area contributed by atoms with Crippen molar-refractivity contribution in [1.82, 2.24) is 0 Å². The van der Waals surface area contributed by atoms with Crippen LogP contribution in [0.1, 0.15) is 57.9 Å². The van der Waals surface area contributed by atoms with Crippen LogP contribution in [0.5, 0.6) is 5.75 Å². The summed E-state index contributed by atoms with van der Waals surface area (Å²) in [4.78, 5) is 0. The Bertz CT molecular complexity index is 545. The zero-order chi connectivity index (χ0) is 17.8. The van der Waals surface area contributed by atoms with Crippen molar-refractivity contribution in [3.05, 3.63) is 29.8 Å². The maximum Gasteiger partial charge on any atom is 0.291 e. The monoisotopic (exact) mass is 381 g/mol. The summed E-state index contributed by atoms with van der Waals surface area (Å²) < 4.78 is 40.8. The summed E-state index contributed by atoms with van der Waals surface area (Å²) in [7, 11) is -4.15. The van der Waals surface area contributed by atoms with Crippen molar-refractivity contribution in [2.45, 2.75) is 64.2 Å². The molecule has 0 aliphatic rings. The Morgan fingerprint density at radius 2 is 1.60 bits per heavy atom. The Kier molecular flexibility index (Phi) is 13.9. The van der Waals surface area contributed by atoms with Crippen LogP contribution in [-0.4, -0.2) is 61.2 Å². The fourth-order valence-electron chi connectivity index (χ4n) is 2.32. The molecule has 0 spiro atoms. The van der Waals surface area contributed by atoms with Gasteiger partial charge in [0.1, 0.15) is 12.4 Å². The van der Waals surface area contributed by atoms with Gasteiger partial charge in [0.15, 0.2) is 5.44 Å². The molecule has 1 rings (SSSR count). The molecule has 0 aromatic heterocycles. The first-order valence-corrected chi connectivity index (χ1v) is 10.2. The van der Waals surface area contributed by atoms with E-state index < -0.39 is 15.6 Å². The molecule has 1 aromatic rings. The molecule has 0 amide bonds. The predicted octanol–water partition coefficient (Wildman–Crippen LogP) is 3.84. The second kappa shape index (κ2) is 14.0. The van der Waals surface area contributed by atoms with E-state index in [1.165, 1.54) is 51.0 Å². The van der Waals surface area contributed by atoms with E-state index in [2.05, 4.69) is 19.1 Å². The molecule has 1 aromatic carbocycles. The third-order valence-corrected chi connectivity index (χ3v) is 4.84. The summed E-state index contributed by atoms with van der Waals surface area (Å²) in [5.74, 6) is 0.727. The molecule has 1 unspecified atom stereocenters. The van der Waals surface area contributed by atoms with Crippen LogP contribution >= 0.6 is 0 Å². The van der Waals surface area contributed by atoms with E-state index in [9.17, 15) is 8.42 Å². The Hall–Kier alpha value is -0.110. The molecule has 5 nitrogen and oxygen atoms in total. The molecule has 25 heavy (non-hydrogen) atoms. The first kappa shape index (κ1) is 24.9. The fraction of sp³-hybridized carbons (Fsp3) is 0.667. The van der Waals surface area contributed by atoms with E-state index in [-0.39, 0.29) is 42.8 Å². The van der Waals surface area contributed by atoms with E-state index in [4.69, 9.17) is 14.0 Å². The summed E-state index contributed by atoms with van der Waals surface area (Å²) in [5.41, 5.74) is 0.0647. The number of benzene rings is 1. The van der Waals surface area contributed by atoms with Gasteiger partial charge in [-0.1, -0.05) is 51.2 Å². The average Bonchev–Trinajstić information content (AvgIpc) is 2.55. The Labute approximate surface area is 174 Å². The molecular formula is C18H30NaO5S. The molecule has 0 heterocycles. The zero-order valence-corrected chi connectivity index (χ0v) is 18.6. The summed E-state index contributed by atoms with van der Waals surface area (Å²) in [6.45, 7) is 3.84. The van der Waals surface area contributed by atoms with Crippen LogP contribution in [0.2, 0.25) is 0 Å². The third-order valence-electron chi connectivity index (χ3n) is 3.87. The molecule has 0 saturated heterocycles. The first-order chi connectivity index (χ1) is 11.4. The van der Waals surface area contributed by atoms with Crippen molar-refractivity contribution in [2.24, 2.45) is 0 Å². The Morgan fingerprint density at radius 3 is 2.20 bits per heavy atom. The maximum atomic E-state index is 10.8. The zero-order valence-electron chi connectivity index (χ0n) is 15.7. The SMILES string of the molecule is CCCCCCCCc1ccc(OCCOC(C)S(=O)(=O)O)cc1.[Na]. The van der Waals surface area contributed by atoms with Crippen molar-refractivity contribution in [3.8, 4) is 5.75 Å². The van der Waals surface area contributed by atoms with Crippen molar-refractivity contribution in [3.63, 3.8) is 0 Å². The van der Waals surface area contributed by atoms with Crippen LogP contribution in [0.4, 0.5) is 0 Å². The molecule has 0 bridgehead atoms. The molecule has 0 aliphatic carbocycles. The number of aryl methyl sites for hydroxylation is 1. The van der Waals surface area contributed by atoms with Gasteiger partial charge in [0.2, 0.25) is 0 Å². The molecule has 1 N–H and O–H groups in total. The van der Waals surface area contributed by atoms with Gasteiger partial charge >= 0.3 is 0 Å². The van der Waals surface area contributed by atoms with E-state index in [0.717, 1.165) is 12.2 Å². The molecule has 1 radical (unpaired) electrons. The first-order valence-electron chi connectivity index (χ1n) is 8.73. The molecule has 1 atom stereocenters. The van der Waals surface area contributed by atoms with Gasteiger partial charge in [-0.3, -0.25) is 4.55 Å². The minimum atomic E-state index is -4.15. The third kappa shape index (κ3) is 12.0. The van der Waals surface area contributed by atoms with Crippen LogP contribution in [0, 0.1) is 0 Å². The molecule has 7 heteroatoms. The number of hydrogen-bond donors (Lipinski definition) is 1. The van der Waals surface area contributed by atoms with E-state index in [1.807, 2.05) is 12.1 Å². The summed E-state index contributed by atoms with van der Waals surface area (Å²) in [6.07, 6.45) is 8.84. The molecular weight excluding hydrogens is 351 g/mol. The summed E-state index contributed by atoms with van der Waals surface area (Å²) >= 11 is 0. The van der Waals surface area contributed by atoms with Crippen molar-refractivity contribution >= 4 is 39.7 Å². The molecule has 0 saturated carbocycles. The second-order valence-corrected chi connectivity index (χ2v) is 7.66. The Balaban J connectivity index is 0.00000576. The largest absolute Gasteiger partial charge is 0.491 e. The van der Waals surface area contributed by atoms with Gasteiger partial charge in [-0.2, -0.15) is 8.42 Å².